The molecule has 0 N–H and O–H groups in total. The van der Waals surface area contributed by atoms with E-state index in [1.54, 1.807) is 21.8 Å². The maximum Gasteiger partial charge on any atom is 0.273 e. The number of aryl methyl sites for hydroxylation is 3. The van der Waals surface area contributed by atoms with Gasteiger partial charge in [-0.2, -0.15) is 14.9 Å². The highest BCUT2D eigenvalue weighted by atomic mass is 16.3. The Labute approximate surface area is 121 Å². The van der Waals surface area contributed by atoms with Crippen LogP contribution in [0.2, 0.25) is 0 Å². The summed E-state index contributed by atoms with van der Waals surface area (Å²) < 4.78 is 8.67. The Hall–Kier alpha value is -2.70. The summed E-state index contributed by atoms with van der Waals surface area (Å²) in [5.41, 5.74) is 1.91. The number of furan rings is 1. The molecule has 0 saturated carbocycles. The molecule has 0 aromatic carbocycles. The lowest BCUT2D eigenvalue weighted by molar-refractivity contribution is 0.559. The predicted molar refractivity (Wildman–Crippen MR) is 77.7 cm³/mol. The van der Waals surface area contributed by atoms with Crippen molar-refractivity contribution in [3.63, 3.8) is 0 Å². The minimum atomic E-state index is 0.570. The van der Waals surface area contributed by atoms with Crippen molar-refractivity contribution in [3.8, 4) is 5.95 Å². The van der Waals surface area contributed by atoms with Crippen molar-refractivity contribution >= 4 is 6.21 Å². The van der Waals surface area contributed by atoms with Crippen LogP contribution in [0.1, 0.15) is 29.9 Å². The zero-order valence-corrected chi connectivity index (χ0v) is 12.2. The summed E-state index contributed by atoms with van der Waals surface area (Å²) in [5.74, 6) is 2.01. The van der Waals surface area contributed by atoms with Gasteiger partial charge in [0.05, 0.1) is 18.2 Å². The second kappa shape index (κ2) is 5.35. The van der Waals surface area contributed by atoms with Gasteiger partial charge in [0.15, 0.2) is 5.82 Å². The van der Waals surface area contributed by atoms with Crippen LogP contribution in [0, 0.1) is 13.8 Å². The highest BCUT2D eigenvalue weighted by molar-refractivity contribution is 5.75. The third-order valence-electron chi connectivity index (χ3n) is 3.05. The van der Waals surface area contributed by atoms with Crippen LogP contribution in [0.4, 0.5) is 0 Å². The van der Waals surface area contributed by atoms with Crippen molar-refractivity contribution in [3.05, 3.63) is 47.4 Å². The van der Waals surface area contributed by atoms with Crippen LogP contribution in [-0.2, 0) is 6.42 Å². The van der Waals surface area contributed by atoms with Gasteiger partial charge in [0, 0.05) is 12.1 Å². The van der Waals surface area contributed by atoms with Crippen molar-refractivity contribution in [1.29, 1.82) is 0 Å². The second-order valence-corrected chi connectivity index (χ2v) is 4.68. The summed E-state index contributed by atoms with van der Waals surface area (Å²) in [4.78, 5) is 0. The Morgan fingerprint density at radius 2 is 2.19 bits per heavy atom. The molecule has 3 aromatic rings. The minimum Gasteiger partial charge on any atom is -0.463 e. The van der Waals surface area contributed by atoms with Crippen LogP contribution < -0.4 is 0 Å². The summed E-state index contributed by atoms with van der Waals surface area (Å²) in [5, 5.41) is 17.2. The SMILES string of the molecule is CCc1nnc(-n2nc(C)cc2C)n1/N=C\c1ccco1. The third kappa shape index (κ3) is 2.49. The minimum absolute atomic E-state index is 0.570. The molecule has 0 fully saturated rings. The van der Waals surface area contributed by atoms with Gasteiger partial charge in [-0.05, 0) is 32.0 Å². The zero-order valence-electron chi connectivity index (χ0n) is 12.2. The van der Waals surface area contributed by atoms with Gasteiger partial charge in [0.2, 0.25) is 0 Å². The third-order valence-corrected chi connectivity index (χ3v) is 3.05. The summed E-state index contributed by atoms with van der Waals surface area (Å²) in [6, 6.07) is 5.64. The van der Waals surface area contributed by atoms with Crippen LogP contribution in [-0.4, -0.2) is 30.9 Å². The van der Waals surface area contributed by atoms with E-state index in [-0.39, 0.29) is 0 Å². The zero-order chi connectivity index (χ0) is 14.8. The van der Waals surface area contributed by atoms with Crippen LogP contribution in [0.5, 0.6) is 0 Å². The van der Waals surface area contributed by atoms with Gasteiger partial charge in [-0.25, -0.2) is 4.68 Å². The molecule has 0 spiro atoms. The van der Waals surface area contributed by atoms with Crippen molar-refractivity contribution in [2.75, 3.05) is 0 Å². The molecule has 7 heteroatoms. The van der Waals surface area contributed by atoms with Crippen LogP contribution >= 0.6 is 0 Å². The summed E-state index contributed by atoms with van der Waals surface area (Å²) in [7, 11) is 0. The first-order valence-electron chi connectivity index (χ1n) is 6.75. The fraction of sp³-hybridized carbons (Fsp3) is 0.286. The molecule has 3 rings (SSSR count). The smallest absolute Gasteiger partial charge is 0.273 e. The molecule has 0 radical (unpaired) electrons. The number of hydrogen-bond acceptors (Lipinski definition) is 5. The summed E-state index contributed by atoms with van der Waals surface area (Å²) in [6.07, 6.45) is 3.97. The first-order chi connectivity index (χ1) is 10.2. The first-order valence-corrected chi connectivity index (χ1v) is 6.75. The van der Waals surface area contributed by atoms with Gasteiger partial charge in [0.25, 0.3) is 5.95 Å². The average Bonchev–Trinajstić information content (AvgIpc) is 3.16. The lowest BCUT2D eigenvalue weighted by Gasteiger charge is -2.04. The van der Waals surface area contributed by atoms with Crippen molar-refractivity contribution in [1.82, 2.24) is 24.7 Å². The van der Waals surface area contributed by atoms with E-state index in [2.05, 4.69) is 20.4 Å². The van der Waals surface area contributed by atoms with Gasteiger partial charge in [0.1, 0.15) is 5.76 Å². The van der Waals surface area contributed by atoms with E-state index >= 15 is 0 Å². The average molecular weight is 284 g/mol. The molecular weight excluding hydrogens is 268 g/mol. The molecule has 7 nitrogen and oxygen atoms in total. The van der Waals surface area contributed by atoms with E-state index in [0.717, 1.165) is 23.6 Å². The van der Waals surface area contributed by atoms with Gasteiger partial charge < -0.3 is 4.42 Å². The lowest BCUT2D eigenvalue weighted by atomic mass is 10.4. The van der Waals surface area contributed by atoms with E-state index in [4.69, 9.17) is 4.42 Å². The second-order valence-electron chi connectivity index (χ2n) is 4.68. The number of nitrogens with zero attached hydrogens (tertiary/aromatic N) is 6. The fourth-order valence-electron chi connectivity index (χ4n) is 2.08. The Balaban J connectivity index is 2.06. The van der Waals surface area contributed by atoms with E-state index in [0.29, 0.717) is 11.7 Å². The molecule has 0 saturated heterocycles. The maximum atomic E-state index is 5.25. The molecule has 3 heterocycles. The number of rotatable bonds is 4. The molecule has 3 aromatic heterocycles. The first kappa shape index (κ1) is 13.3. The van der Waals surface area contributed by atoms with E-state index < -0.39 is 0 Å². The lowest BCUT2D eigenvalue weighted by Crippen LogP contribution is -2.08. The van der Waals surface area contributed by atoms with E-state index in [9.17, 15) is 0 Å². The number of hydrogen-bond donors (Lipinski definition) is 0. The summed E-state index contributed by atoms with van der Waals surface area (Å²) in [6.45, 7) is 5.92. The molecule has 0 atom stereocenters. The van der Waals surface area contributed by atoms with Crippen LogP contribution in [0.3, 0.4) is 0 Å². The van der Waals surface area contributed by atoms with E-state index in [1.165, 1.54) is 0 Å². The molecule has 0 amide bonds. The van der Waals surface area contributed by atoms with Crippen molar-refractivity contribution in [2.24, 2.45) is 5.10 Å². The highest BCUT2D eigenvalue weighted by Crippen LogP contribution is 2.12. The Morgan fingerprint density at radius 3 is 2.81 bits per heavy atom. The monoisotopic (exact) mass is 284 g/mol. The molecule has 21 heavy (non-hydrogen) atoms. The standard InChI is InChI=1S/C14H16N6O/c1-4-13-16-17-14(19-11(3)8-10(2)18-19)20(13)15-9-12-6-5-7-21-12/h5-9H,4H2,1-3H3/b15-9-. The molecule has 0 aliphatic rings. The molecule has 0 aliphatic heterocycles. The Bertz CT molecular complexity index is 766. The largest absolute Gasteiger partial charge is 0.463 e. The van der Waals surface area contributed by atoms with E-state index in [1.807, 2.05) is 39.0 Å². The highest BCUT2D eigenvalue weighted by Gasteiger charge is 2.14. The normalized spacial score (nSPS) is 11.6. The molecule has 0 bridgehead atoms. The Kier molecular flexibility index (Phi) is 3.39. The Morgan fingerprint density at radius 1 is 1.33 bits per heavy atom. The molecule has 108 valence electrons. The van der Waals surface area contributed by atoms with Crippen LogP contribution in [0.15, 0.2) is 34.0 Å². The topological polar surface area (TPSA) is 74.0 Å². The fourth-order valence-corrected chi connectivity index (χ4v) is 2.08. The predicted octanol–water partition coefficient (Wildman–Crippen LogP) is 2.12. The van der Waals surface area contributed by atoms with Gasteiger partial charge in [-0.3, -0.25) is 0 Å². The van der Waals surface area contributed by atoms with Crippen molar-refractivity contribution < 1.29 is 4.42 Å². The van der Waals surface area contributed by atoms with Gasteiger partial charge in [-0.1, -0.05) is 6.92 Å². The number of aromatic nitrogens is 5. The van der Waals surface area contributed by atoms with Gasteiger partial charge in [-0.15, -0.1) is 10.2 Å². The maximum absolute atomic E-state index is 5.25. The molecule has 0 aliphatic carbocycles. The van der Waals surface area contributed by atoms with Crippen LogP contribution in [0.25, 0.3) is 5.95 Å². The summed E-state index contributed by atoms with van der Waals surface area (Å²) >= 11 is 0. The quantitative estimate of drug-likeness (QED) is 0.688. The van der Waals surface area contributed by atoms with Gasteiger partial charge >= 0.3 is 0 Å². The molecule has 0 unspecified atom stereocenters. The van der Waals surface area contributed by atoms with Crippen molar-refractivity contribution in [2.45, 2.75) is 27.2 Å². The molecular formula is C14H16N6O.